The molecule has 5 heteroatoms. The Bertz CT molecular complexity index is 385. The Balaban J connectivity index is 2.05. The lowest BCUT2D eigenvalue weighted by Crippen LogP contribution is -2.46. The Morgan fingerprint density at radius 3 is 3.16 bits per heavy atom. The quantitative estimate of drug-likeness (QED) is 0.795. The summed E-state index contributed by atoms with van der Waals surface area (Å²) in [6.07, 6.45) is 6.65. The van der Waals surface area contributed by atoms with Gasteiger partial charge in [-0.25, -0.2) is 4.98 Å². The van der Waals surface area contributed by atoms with Gasteiger partial charge in [-0.2, -0.15) is 4.98 Å². The first-order valence-electron chi connectivity index (χ1n) is 7.19. The van der Waals surface area contributed by atoms with Gasteiger partial charge in [-0.15, -0.1) is 0 Å². The van der Waals surface area contributed by atoms with Crippen molar-refractivity contribution < 1.29 is 4.74 Å². The highest BCUT2D eigenvalue weighted by atomic mass is 16.5. The van der Waals surface area contributed by atoms with E-state index < -0.39 is 0 Å². The molecule has 0 bridgehead atoms. The van der Waals surface area contributed by atoms with Gasteiger partial charge < -0.3 is 15.0 Å². The highest BCUT2D eigenvalue weighted by molar-refractivity contribution is 5.34. The van der Waals surface area contributed by atoms with Crippen LogP contribution in [0.5, 0.6) is 5.88 Å². The number of piperidine rings is 1. The zero-order chi connectivity index (χ0) is 13.5. The van der Waals surface area contributed by atoms with Crippen LogP contribution in [0.1, 0.15) is 32.6 Å². The number of aromatic nitrogens is 2. The average Bonchev–Trinajstić information content (AvgIpc) is 2.48. The maximum absolute atomic E-state index is 5.19. The van der Waals surface area contributed by atoms with E-state index in [1.165, 1.54) is 25.7 Å². The summed E-state index contributed by atoms with van der Waals surface area (Å²) in [5.41, 5.74) is 0. The van der Waals surface area contributed by atoms with Gasteiger partial charge in [0.1, 0.15) is 0 Å². The molecule has 0 aromatic carbocycles. The molecule has 1 fully saturated rings. The number of nitrogens with one attached hydrogen (secondary N) is 1. The number of methoxy groups -OCH3 is 1. The van der Waals surface area contributed by atoms with E-state index in [2.05, 4.69) is 27.1 Å². The van der Waals surface area contributed by atoms with Crippen LogP contribution in [-0.2, 0) is 0 Å². The maximum atomic E-state index is 5.19. The smallest absolute Gasteiger partial charge is 0.228 e. The Morgan fingerprint density at radius 1 is 1.47 bits per heavy atom. The van der Waals surface area contributed by atoms with Crippen LogP contribution in [0.3, 0.4) is 0 Å². The minimum atomic E-state index is 0.493. The van der Waals surface area contributed by atoms with Crippen molar-refractivity contribution in [2.24, 2.45) is 0 Å². The molecule has 1 saturated heterocycles. The van der Waals surface area contributed by atoms with Gasteiger partial charge in [-0.1, -0.05) is 6.92 Å². The van der Waals surface area contributed by atoms with Gasteiger partial charge in [0.2, 0.25) is 11.8 Å². The fourth-order valence-corrected chi connectivity index (χ4v) is 2.51. The van der Waals surface area contributed by atoms with Crippen LogP contribution in [0.2, 0.25) is 0 Å². The predicted molar refractivity (Wildman–Crippen MR) is 76.7 cm³/mol. The predicted octanol–water partition coefficient (Wildman–Crippen LogP) is 1.84. The second kappa shape index (κ2) is 7.28. The standard InChI is InChI=1S/C14H24N4O/c1-3-8-15-11-12-6-4-5-10-18(12)14-16-9-7-13(17-14)19-2/h7,9,12,15H,3-6,8,10-11H2,1-2H3. The first kappa shape index (κ1) is 14.1. The van der Waals surface area contributed by atoms with Crippen LogP contribution >= 0.6 is 0 Å². The number of nitrogens with zero attached hydrogens (tertiary/aromatic N) is 3. The molecule has 5 nitrogen and oxygen atoms in total. The molecule has 0 spiro atoms. The first-order valence-corrected chi connectivity index (χ1v) is 7.19. The van der Waals surface area contributed by atoms with Gasteiger partial charge in [0.25, 0.3) is 0 Å². The summed E-state index contributed by atoms with van der Waals surface area (Å²) in [5, 5.41) is 3.50. The zero-order valence-corrected chi connectivity index (χ0v) is 11.9. The molecule has 1 aliphatic rings. The zero-order valence-electron chi connectivity index (χ0n) is 11.9. The van der Waals surface area contributed by atoms with Gasteiger partial charge in [-0.3, -0.25) is 0 Å². The van der Waals surface area contributed by atoms with Crippen LogP contribution in [0.25, 0.3) is 0 Å². The van der Waals surface area contributed by atoms with Crippen molar-refractivity contribution in [1.29, 1.82) is 0 Å². The van der Waals surface area contributed by atoms with Crippen LogP contribution in [0.4, 0.5) is 5.95 Å². The molecule has 0 saturated carbocycles. The van der Waals surface area contributed by atoms with E-state index in [0.29, 0.717) is 11.9 Å². The lowest BCUT2D eigenvalue weighted by Gasteiger charge is -2.36. The van der Waals surface area contributed by atoms with E-state index in [0.717, 1.165) is 25.6 Å². The Hall–Kier alpha value is -1.36. The number of ether oxygens (including phenoxy) is 1. The molecular formula is C14H24N4O. The third-order valence-electron chi connectivity index (χ3n) is 3.52. The summed E-state index contributed by atoms with van der Waals surface area (Å²) in [6, 6.07) is 2.28. The number of rotatable bonds is 6. The summed E-state index contributed by atoms with van der Waals surface area (Å²) in [4.78, 5) is 11.2. The van der Waals surface area contributed by atoms with Crippen LogP contribution in [-0.4, -0.2) is 42.8 Å². The van der Waals surface area contributed by atoms with E-state index in [4.69, 9.17) is 4.74 Å². The van der Waals surface area contributed by atoms with E-state index in [9.17, 15) is 0 Å². The molecule has 0 aliphatic carbocycles. The minimum Gasteiger partial charge on any atom is -0.481 e. The monoisotopic (exact) mass is 264 g/mol. The summed E-state index contributed by atoms with van der Waals surface area (Å²) in [6.45, 7) is 5.31. The van der Waals surface area contributed by atoms with Gasteiger partial charge in [0.15, 0.2) is 0 Å². The molecule has 0 amide bonds. The molecular weight excluding hydrogens is 240 g/mol. The molecule has 1 unspecified atom stereocenters. The second-order valence-corrected chi connectivity index (χ2v) is 4.95. The molecule has 1 aromatic rings. The lowest BCUT2D eigenvalue weighted by atomic mass is 10.0. The fraction of sp³-hybridized carbons (Fsp3) is 0.714. The molecule has 2 heterocycles. The van der Waals surface area contributed by atoms with Crippen molar-refractivity contribution in [3.63, 3.8) is 0 Å². The Labute approximate surface area is 115 Å². The number of anilines is 1. The third-order valence-corrected chi connectivity index (χ3v) is 3.52. The molecule has 1 aromatic heterocycles. The number of hydrogen-bond donors (Lipinski definition) is 1. The molecule has 1 atom stereocenters. The van der Waals surface area contributed by atoms with E-state index in [-0.39, 0.29) is 0 Å². The highest BCUT2D eigenvalue weighted by Gasteiger charge is 2.24. The SMILES string of the molecule is CCCNCC1CCCCN1c1nccc(OC)n1. The fourth-order valence-electron chi connectivity index (χ4n) is 2.51. The van der Waals surface area contributed by atoms with Crippen LogP contribution in [0, 0.1) is 0 Å². The summed E-state index contributed by atoms with van der Waals surface area (Å²) < 4.78 is 5.19. The average molecular weight is 264 g/mol. The van der Waals surface area contributed by atoms with Crippen LogP contribution in [0.15, 0.2) is 12.3 Å². The molecule has 0 radical (unpaired) electrons. The van der Waals surface area contributed by atoms with E-state index in [1.54, 1.807) is 19.4 Å². The number of hydrogen-bond acceptors (Lipinski definition) is 5. The minimum absolute atomic E-state index is 0.493. The normalized spacial score (nSPS) is 19.5. The topological polar surface area (TPSA) is 50.3 Å². The van der Waals surface area contributed by atoms with Crippen molar-refractivity contribution in [1.82, 2.24) is 15.3 Å². The van der Waals surface area contributed by atoms with Gasteiger partial charge in [0, 0.05) is 31.4 Å². The summed E-state index contributed by atoms with van der Waals surface area (Å²) in [5.74, 6) is 1.43. The largest absolute Gasteiger partial charge is 0.481 e. The van der Waals surface area contributed by atoms with Crippen LogP contribution < -0.4 is 15.0 Å². The molecule has 1 aliphatic heterocycles. The molecule has 2 rings (SSSR count). The molecule has 19 heavy (non-hydrogen) atoms. The second-order valence-electron chi connectivity index (χ2n) is 4.95. The maximum Gasteiger partial charge on any atom is 0.228 e. The van der Waals surface area contributed by atoms with Crippen molar-refractivity contribution in [2.75, 3.05) is 31.6 Å². The lowest BCUT2D eigenvalue weighted by molar-refractivity contribution is 0.391. The van der Waals surface area contributed by atoms with Crippen molar-refractivity contribution in [3.05, 3.63) is 12.3 Å². The van der Waals surface area contributed by atoms with Crippen molar-refractivity contribution in [2.45, 2.75) is 38.6 Å². The summed E-state index contributed by atoms with van der Waals surface area (Å²) >= 11 is 0. The van der Waals surface area contributed by atoms with E-state index in [1.807, 2.05) is 0 Å². The van der Waals surface area contributed by atoms with Crippen molar-refractivity contribution in [3.8, 4) is 5.88 Å². The van der Waals surface area contributed by atoms with Crippen molar-refractivity contribution >= 4 is 5.95 Å². The van der Waals surface area contributed by atoms with E-state index >= 15 is 0 Å². The highest BCUT2D eigenvalue weighted by Crippen LogP contribution is 2.22. The van der Waals surface area contributed by atoms with Gasteiger partial charge >= 0.3 is 0 Å². The molecule has 1 N–H and O–H groups in total. The summed E-state index contributed by atoms with van der Waals surface area (Å²) in [7, 11) is 1.64. The van der Waals surface area contributed by atoms with Gasteiger partial charge in [0.05, 0.1) is 7.11 Å². The van der Waals surface area contributed by atoms with Gasteiger partial charge in [-0.05, 0) is 32.2 Å². The first-order chi connectivity index (χ1) is 9.35. The Morgan fingerprint density at radius 2 is 2.37 bits per heavy atom. The third kappa shape index (κ3) is 3.80. The molecule has 106 valence electrons. The Kier molecular flexibility index (Phi) is 5.39.